The quantitative estimate of drug-likeness (QED) is 0.703. The lowest BCUT2D eigenvalue weighted by Crippen LogP contribution is -2.39. The number of benzene rings is 2. The van der Waals surface area contributed by atoms with Crippen LogP contribution >= 0.6 is 24.0 Å². The van der Waals surface area contributed by atoms with E-state index in [1.807, 2.05) is 6.07 Å². The molecule has 2 aromatic carbocycles. The summed E-state index contributed by atoms with van der Waals surface area (Å²) in [6.07, 6.45) is 4.83. The van der Waals surface area contributed by atoms with Gasteiger partial charge in [0.05, 0.1) is 5.92 Å². The summed E-state index contributed by atoms with van der Waals surface area (Å²) in [6, 6.07) is 14.8. The number of aryl methyl sites for hydroxylation is 2. The van der Waals surface area contributed by atoms with Crippen LogP contribution in [0.1, 0.15) is 30.4 Å². The van der Waals surface area contributed by atoms with Crippen molar-refractivity contribution in [1.29, 1.82) is 0 Å². The molecule has 29 heavy (non-hydrogen) atoms. The number of aliphatic carboxylic acids is 1. The molecule has 1 atom stereocenters. The number of piperidine rings is 1. The van der Waals surface area contributed by atoms with Crippen molar-refractivity contribution >= 4 is 41.4 Å². The van der Waals surface area contributed by atoms with Gasteiger partial charge in [-0.05, 0) is 74.5 Å². The zero-order valence-corrected chi connectivity index (χ0v) is 18.1. The van der Waals surface area contributed by atoms with Gasteiger partial charge in [-0.1, -0.05) is 35.9 Å². The zero-order chi connectivity index (χ0) is 19.5. The predicted molar refractivity (Wildman–Crippen MR) is 121 cm³/mol. The molecule has 0 spiro atoms. The summed E-state index contributed by atoms with van der Waals surface area (Å²) in [5, 5.41) is 10.1. The fourth-order valence-electron chi connectivity index (χ4n) is 4.54. The molecular formula is C23H28Cl2N2O2. The second kappa shape index (κ2) is 9.84. The van der Waals surface area contributed by atoms with E-state index in [1.54, 1.807) is 0 Å². The molecule has 2 aromatic rings. The molecule has 2 aliphatic heterocycles. The second-order valence-corrected chi connectivity index (χ2v) is 8.32. The lowest BCUT2D eigenvalue weighted by Gasteiger charge is -2.32. The largest absolute Gasteiger partial charge is 0.481 e. The summed E-state index contributed by atoms with van der Waals surface area (Å²) in [5.41, 5.74) is 5.19. The Morgan fingerprint density at radius 2 is 1.83 bits per heavy atom. The molecule has 0 saturated carbocycles. The Kier molecular flexibility index (Phi) is 7.44. The van der Waals surface area contributed by atoms with Crippen LogP contribution in [0.5, 0.6) is 0 Å². The lowest BCUT2D eigenvalue weighted by molar-refractivity contribution is -0.143. The molecule has 0 radical (unpaired) electrons. The Hall–Kier alpha value is -1.75. The number of likely N-dealkylation sites (tertiary alicyclic amines) is 1. The van der Waals surface area contributed by atoms with E-state index >= 15 is 0 Å². The summed E-state index contributed by atoms with van der Waals surface area (Å²) >= 11 is 6.33. The van der Waals surface area contributed by atoms with E-state index in [1.165, 1.54) is 22.5 Å². The van der Waals surface area contributed by atoms with E-state index in [2.05, 4.69) is 46.2 Å². The Morgan fingerprint density at radius 1 is 1.07 bits per heavy atom. The van der Waals surface area contributed by atoms with Gasteiger partial charge in [0, 0.05) is 29.5 Å². The Balaban J connectivity index is 0.00000240. The standard InChI is InChI=1S/C23H27ClN2O2.ClH/c24-20-11-10-18-9-8-17-5-1-2-7-21(17)26(22(18)15-20)14-4-13-25-12-3-6-19(16-25)23(27)28;/h1-2,5,7,10-11,15,19H,3-4,6,8-9,12-14,16H2,(H,27,28);1H. The topological polar surface area (TPSA) is 43.8 Å². The van der Waals surface area contributed by atoms with E-state index in [0.717, 1.165) is 56.8 Å². The van der Waals surface area contributed by atoms with Gasteiger partial charge >= 0.3 is 5.97 Å². The van der Waals surface area contributed by atoms with Crippen LogP contribution in [-0.4, -0.2) is 42.2 Å². The smallest absolute Gasteiger partial charge is 0.307 e. The molecule has 6 heteroatoms. The van der Waals surface area contributed by atoms with Crippen LogP contribution in [0.15, 0.2) is 42.5 Å². The molecule has 2 heterocycles. The van der Waals surface area contributed by atoms with Gasteiger partial charge in [-0.3, -0.25) is 4.79 Å². The predicted octanol–water partition coefficient (Wildman–Crippen LogP) is 5.19. The molecule has 1 unspecified atom stereocenters. The van der Waals surface area contributed by atoms with Crippen molar-refractivity contribution in [2.24, 2.45) is 5.92 Å². The van der Waals surface area contributed by atoms with Crippen molar-refractivity contribution in [2.75, 3.05) is 31.1 Å². The highest BCUT2D eigenvalue weighted by molar-refractivity contribution is 6.30. The summed E-state index contributed by atoms with van der Waals surface area (Å²) in [4.78, 5) is 16.0. The van der Waals surface area contributed by atoms with Gasteiger partial charge in [0.1, 0.15) is 0 Å². The summed E-state index contributed by atoms with van der Waals surface area (Å²) < 4.78 is 0. The fourth-order valence-corrected chi connectivity index (χ4v) is 4.70. The molecule has 0 aliphatic carbocycles. The average molecular weight is 435 g/mol. The highest BCUT2D eigenvalue weighted by atomic mass is 35.5. The number of rotatable bonds is 5. The second-order valence-electron chi connectivity index (χ2n) is 7.88. The van der Waals surface area contributed by atoms with Crippen LogP contribution in [0.2, 0.25) is 5.02 Å². The number of nitrogens with zero attached hydrogens (tertiary/aromatic N) is 2. The Labute approximate surface area is 183 Å². The normalized spacial score (nSPS) is 18.9. The van der Waals surface area contributed by atoms with Gasteiger partial charge < -0.3 is 14.9 Å². The molecule has 0 amide bonds. The zero-order valence-electron chi connectivity index (χ0n) is 16.5. The van der Waals surface area contributed by atoms with Crippen LogP contribution in [0, 0.1) is 5.92 Å². The number of carboxylic acids is 1. The summed E-state index contributed by atoms with van der Waals surface area (Å²) in [6.45, 7) is 3.51. The number of anilines is 2. The molecule has 1 fully saturated rings. The van der Waals surface area contributed by atoms with E-state index in [9.17, 15) is 9.90 Å². The maximum atomic E-state index is 11.3. The SMILES string of the molecule is Cl.O=C(O)C1CCCN(CCCN2c3ccccc3CCc3ccc(Cl)cc32)C1. The first-order valence-electron chi connectivity index (χ1n) is 10.2. The number of carboxylic acid groups (broad SMARTS) is 1. The van der Waals surface area contributed by atoms with Crippen LogP contribution in [0.25, 0.3) is 0 Å². The summed E-state index contributed by atoms with van der Waals surface area (Å²) in [5.74, 6) is -0.873. The Morgan fingerprint density at radius 3 is 2.62 bits per heavy atom. The van der Waals surface area contributed by atoms with Gasteiger partial charge in [-0.25, -0.2) is 0 Å². The van der Waals surface area contributed by atoms with Crippen molar-refractivity contribution in [2.45, 2.75) is 32.1 Å². The van der Waals surface area contributed by atoms with Crippen LogP contribution in [0.4, 0.5) is 11.4 Å². The van der Waals surface area contributed by atoms with Crippen molar-refractivity contribution < 1.29 is 9.90 Å². The van der Waals surface area contributed by atoms with E-state index in [-0.39, 0.29) is 18.3 Å². The highest BCUT2D eigenvalue weighted by Gasteiger charge is 2.25. The first-order valence-corrected chi connectivity index (χ1v) is 10.6. The number of halogens is 2. The third kappa shape index (κ3) is 5.06. The van der Waals surface area contributed by atoms with E-state index in [4.69, 9.17) is 11.6 Å². The van der Waals surface area contributed by atoms with Crippen molar-refractivity contribution in [1.82, 2.24) is 4.90 Å². The molecule has 4 nitrogen and oxygen atoms in total. The fraction of sp³-hybridized carbons (Fsp3) is 0.435. The van der Waals surface area contributed by atoms with Gasteiger partial charge in [-0.15, -0.1) is 12.4 Å². The molecule has 1 saturated heterocycles. The van der Waals surface area contributed by atoms with Gasteiger partial charge in [0.2, 0.25) is 0 Å². The van der Waals surface area contributed by atoms with Crippen LogP contribution in [0.3, 0.4) is 0 Å². The van der Waals surface area contributed by atoms with Crippen molar-refractivity contribution in [3.05, 3.63) is 58.6 Å². The van der Waals surface area contributed by atoms with Gasteiger partial charge in [0.15, 0.2) is 0 Å². The molecule has 0 bridgehead atoms. The highest BCUT2D eigenvalue weighted by Crippen LogP contribution is 2.37. The van der Waals surface area contributed by atoms with Gasteiger partial charge in [-0.2, -0.15) is 0 Å². The third-order valence-electron chi connectivity index (χ3n) is 6.00. The van der Waals surface area contributed by atoms with Crippen LogP contribution < -0.4 is 4.90 Å². The molecule has 2 aliphatic rings. The molecular weight excluding hydrogens is 407 g/mol. The maximum absolute atomic E-state index is 11.3. The first kappa shape index (κ1) is 21.9. The minimum Gasteiger partial charge on any atom is -0.481 e. The van der Waals surface area contributed by atoms with Crippen molar-refractivity contribution in [3.8, 4) is 0 Å². The van der Waals surface area contributed by atoms with Crippen molar-refractivity contribution in [3.63, 3.8) is 0 Å². The summed E-state index contributed by atoms with van der Waals surface area (Å²) in [7, 11) is 0. The van der Waals surface area contributed by atoms with Crippen LogP contribution in [-0.2, 0) is 17.6 Å². The minimum absolute atomic E-state index is 0. The number of hydrogen-bond acceptors (Lipinski definition) is 3. The molecule has 4 rings (SSSR count). The molecule has 1 N–H and O–H groups in total. The third-order valence-corrected chi connectivity index (χ3v) is 6.23. The monoisotopic (exact) mass is 434 g/mol. The minimum atomic E-state index is -0.658. The number of fused-ring (bicyclic) bond motifs is 2. The molecule has 0 aromatic heterocycles. The van der Waals surface area contributed by atoms with Gasteiger partial charge in [0.25, 0.3) is 0 Å². The molecule has 156 valence electrons. The Bertz CT molecular complexity index is 859. The van der Waals surface area contributed by atoms with E-state index in [0.29, 0.717) is 6.54 Å². The number of para-hydroxylation sites is 1. The lowest BCUT2D eigenvalue weighted by atomic mass is 9.98. The average Bonchev–Trinajstić information content (AvgIpc) is 2.85. The number of carbonyl (C=O) groups is 1. The van der Waals surface area contributed by atoms with E-state index < -0.39 is 5.97 Å². The number of hydrogen-bond donors (Lipinski definition) is 1. The maximum Gasteiger partial charge on any atom is 0.307 e. The first-order chi connectivity index (χ1) is 13.6.